The van der Waals surface area contributed by atoms with Gasteiger partial charge >= 0.3 is 0 Å². The number of amides is 2. The lowest BCUT2D eigenvalue weighted by molar-refractivity contribution is -0.175. The van der Waals surface area contributed by atoms with Gasteiger partial charge in [-0.05, 0) is 19.1 Å². The van der Waals surface area contributed by atoms with Gasteiger partial charge in [-0.15, -0.1) is 0 Å². The molecular weight excluding hydrogens is 315 g/mol. The van der Waals surface area contributed by atoms with Crippen LogP contribution in [-0.2, 0) is 15.3 Å². The standard InChI is InChI=1S/C14H13BN4O5/c1-6-17-8-4-2-3-7(16)9(8)10(20)19(6)14(24)5-13(15,23)11(21)18-12(14)22/h2-4,23-24H,5,16H2,1H3,(H,18,21,22). The van der Waals surface area contributed by atoms with Gasteiger partial charge in [0.05, 0.1) is 10.9 Å². The van der Waals surface area contributed by atoms with Crippen LogP contribution in [0, 0.1) is 6.92 Å². The number of aryl methyl sites for hydroxylation is 1. The molecule has 0 aliphatic carbocycles. The quantitative estimate of drug-likeness (QED) is 0.265. The summed E-state index contributed by atoms with van der Waals surface area (Å²) in [7, 11) is 5.41. The minimum absolute atomic E-state index is 0.00165. The number of nitrogens with one attached hydrogen (secondary N) is 1. The van der Waals surface area contributed by atoms with E-state index >= 15 is 0 Å². The molecule has 9 nitrogen and oxygen atoms in total. The Kier molecular flexibility index (Phi) is 3.29. The second-order valence-corrected chi connectivity index (χ2v) is 5.74. The van der Waals surface area contributed by atoms with E-state index in [1.165, 1.54) is 13.0 Å². The van der Waals surface area contributed by atoms with Crippen LogP contribution in [0.25, 0.3) is 10.9 Å². The third-order valence-corrected chi connectivity index (χ3v) is 3.97. The SMILES string of the molecule is [B]C1(O)CC(O)(n2c(C)nc3cccc(N)c3c2=O)C(=O)NC1=O. The molecule has 1 saturated heterocycles. The number of hydrogen-bond acceptors (Lipinski definition) is 7. The Morgan fingerprint density at radius 3 is 2.62 bits per heavy atom. The van der Waals surface area contributed by atoms with E-state index in [2.05, 4.69) is 4.98 Å². The van der Waals surface area contributed by atoms with E-state index in [0.717, 1.165) is 0 Å². The fourth-order valence-corrected chi connectivity index (χ4v) is 2.83. The number of benzene rings is 1. The van der Waals surface area contributed by atoms with Crippen molar-refractivity contribution in [2.24, 2.45) is 0 Å². The number of hydrogen-bond donors (Lipinski definition) is 4. The maximum Gasteiger partial charge on any atom is 0.280 e. The van der Waals surface area contributed by atoms with Crippen molar-refractivity contribution in [2.45, 2.75) is 24.6 Å². The highest BCUT2D eigenvalue weighted by atomic mass is 16.3. The van der Waals surface area contributed by atoms with Gasteiger partial charge in [-0.25, -0.2) is 4.98 Å². The molecule has 2 atom stereocenters. The largest absolute Gasteiger partial charge is 0.398 e. The van der Waals surface area contributed by atoms with Gasteiger partial charge in [-0.1, -0.05) is 6.07 Å². The Hall–Kier alpha value is -2.72. The summed E-state index contributed by atoms with van der Waals surface area (Å²) in [5.41, 5.74) is 0.264. The average Bonchev–Trinajstić information content (AvgIpc) is 2.44. The molecule has 24 heavy (non-hydrogen) atoms. The van der Waals surface area contributed by atoms with Crippen LogP contribution >= 0.6 is 0 Å². The molecule has 2 heterocycles. The van der Waals surface area contributed by atoms with Crippen LogP contribution in [-0.4, -0.2) is 44.9 Å². The molecule has 1 aromatic carbocycles. The molecule has 1 fully saturated rings. The van der Waals surface area contributed by atoms with Gasteiger partial charge < -0.3 is 15.9 Å². The Bertz CT molecular complexity index is 954. The van der Waals surface area contributed by atoms with E-state index < -0.39 is 35.0 Å². The zero-order chi connectivity index (χ0) is 17.9. The molecule has 2 radical (unpaired) electrons. The number of piperidine rings is 1. The van der Waals surface area contributed by atoms with E-state index in [1.807, 2.05) is 0 Å². The molecule has 1 aliphatic heterocycles. The number of carbonyl (C=O) groups excluding carboxylic acids is 2. The summed E-state index contributed by atoms with van der Waals surface area (Å²) in [6, 6.07) is 4.63. The number of nitrogens with zero attached hydrogens (tertiary/aromatic N) is 2. The predicted octanol–water partition coefficient (Wildman–Crippen LogP) is -2.16. The number of fused-ring (bicyclic) bond motifs is 1. The van der Waals surface area contributed by atoms with Crippen LogP contribution in [0.1, 0.15) is 12.2 Å². The number of anilines is 1. The molecule has 5 N–H and O–H groups in total. The van der Waals surface area contributed by atoms with E-state index in [1.54, 1.807) is 17.4 Å². The van der Waals surface area contributed by atoms with Crippen LogP contribution in [0.3, 0.4) is 0 Å². The number of rotatable bonds is 1. The highest BCUT2D eigenvalue weighted by molar-refractivity contribution is 6.30. The number of carbonyl (C=O) groups is 2. The molecule has 0 spiro atoms. The lowest BCUT2D eigenvalue weighted by atomic mass is 9.72. The number of aliphatic hydroxyl groups is 2. The first-order chi connectivity index (χ1) is 11.1. The number of imide groups is 1. The molecule has 0 bridgehead atoms. The van der Waals surface area contributed by atoms with Crippen molar-refractivity contribution in [3.05, 3.63) is 34.4 Å². The number of nitrogen functional groups attached to an aromatic ring is 1. The van der Waals surface area contributed by atoms with E-state index in [-0.39, 0.29) is 22.4 Å². The molecular formula is C14H13BN4O5. The summed E-state index contributed by atoms with van der Waals surface area (Å²) in [4.78, 5) is 40.7. The summed E-state index contributed by atoms with van der Waals surface area (Å²) in [5, 5.41) is 22.4. The first-order valence-corrected chi connectivity index (χ1v) is 6.96. The Balaban J connectivity index is 2.33. The van der Waals surface area contributed by atoms with E-state index in [0.29, 0.717) is 4.57 Å². The lowest BCUT2D eigenvalue weighted by Crippen LogP contribution is -2.67. The van der Waals surface area contributed by atoms with Gasteiger partial charge in [0, 0.05) is 12.1 Å². The van der Waals surface area contributed by atoms with Crippen LogP contribution in [0.2, 0.25) is 0 Å². The molecule has 122 valence electrons. The van der Waals surface area contributed by atoms with Crippen molar-refractivity contribution in [2.75, 3.05) is 5.73 Å². The highest BCUT2D eigenvalue weighted by Gasteiger charge is 2.53. The normalized spacial score (nSPS) is 27.3. The van der Waals surface area contributed by atoms with Gasteiger partial charge in [-0.2, -0.15) is 0 Å². The number of aromatic nitrogens is 2. The lowest BCUT2D eigenvalue weighted by Gasteiger charge is -2.39. The summed E-state index contributed by atoms with van der Waals surface area (Å²) in [6.07, 6.45) is -0.911. The third kappa shape index (κ3) is 2.11. The Morgan fingerprint density at radius 1 is 1.29 bits per heavy atom. The second kappa shape index (κ2) is 4.89. The molecule has 1 aliphatic rings. The predicted molar refractivity (Wildman–Crippen MR) is 83.8 cm³/mol. The van der Waals surface area contributed by atoms with Gasteiger partial charge in [0.15, 0.2) is 0 Å². The Morgan fingerprint density at radius 2 is 1.96 bits per heavy atom. The maximum absolute atomic E-state index is 12.8. The fourth-order valence-electron chi connectivity index (χ4n) is 2.83. The molecule has 10 heteroatoms. The Labute approximate surface area is 136 Å². The summed E-state index contributed by atoms with van der Waals surface area (Å²) in [6.45, 7) is 1.39. The smallest absolute Gasteiger partial charge is 0.280 e. The molecule has 2 aromatic rings. The topological polar surface area (TPSA) is 148 Å². The first-order valence-electron chi connectivity index (χ1n) is 6.96. The minimum Gasteiger partial charge on any atom is -0.398 e. The van der Waals surface area contributed by atoms with E-state index in [4.69, 9.17) is 13.6 Å². The van der Waals surface area contributed by atoms with Crippen molar-refractivity contribution in [3.63, 3.8) is 0 Å². The van der Waals surface area contributed by atoms with E-state index in [9.17, 15) is 24.6 Å². The summed E-state index contributed by atoms with van der Waals surface area (Å²) in [5.74, 6) is -2.37. The number of nitrogens with two attached hydrogens (primary N) is 1. The van der Waals surface area contributed by atoms with Crippen LogP contribution < -0.4 is 16.6 Å². The zero-order valence-electron chi connectivity index (χ0n) is 12.6. The van der Waals surface area contributed by atoms with Gasteiger partial charge in [-0.3, -0.25) is 24.3 Å². The van der Waals surface area contributed by atoms with Crippen LogP contribution in [0.5, 0.6) is 0 Å². The van der Waals surface area contributed by atoms with Gasteiger partial charge in [0.1, 0.15) is 19.2 Å². The monoisotopic (exact) mass is 328 g/mol. The molecule has 2 unspecified atom stereocenters. The summed E-state index contributed by atoms with van der Waals surface area (Å²) >= 11 is 0. The van der Waals surface area contributed by atoms with Crippen molar-refractivity contribution in [1.29, 1.82) is 0 Å². The third-order valence-electron chi connectivity index (χ3n) is 3.97. The van der Waals surface area contributed by atoms with Crippen molar-refractivity contribution >= 4 is 36.3 Å². The average molecular weight is 328 g/mol. The van der Waals surface area contributed by atoms with Crippen molar-refractivity contribution in [3.8, 4) is 0 Å². The van der Waals surface area contributed by atoms with Crippen molar-refractivity contribution < 1.29 is 19.8 Å². The highest BCUT2D eigenvalue weighted by Crippen LogP contribution is 2.29. The van der Waals surface area contributed by atoms with Crippen LogP contribution in [0.15, 0.2) is 23.0 Å². The zero-order valence-corrected chi connectivity index (χ0v) is 12.6. The van der Waals surface area contributed by atoms with Crippen molar-refractivity contribution in [1.82, 2.24) is 14.9 Å². The molecule has 2 amide bonds. The molecule has 0 saturated carbocycles. The fraction of sp³-hybridized carbons (Fsp3) is 0.286. The first kappa shape index (κ1) is 16.2. The van der Waals surface area contributed by atoms with Gasteiger partial charge in [0.2, 0.25) is 11.6 Å². The van der Waals surface area contributed by atoms with Gasteiger partial charge in [0.25, 0.3) is 11.5 Å². The molecule has 3 rings (SSSR count). The summed E-state index contributed by atoms with van der Waals surface area (Å²) < 4.78 is 0.672. The minimum atomic E-state index is -2.60. The maximum atomic E-state index is 12.8. The molecule has 1 aromatic heterocycles. The second-order valence-electron chi connectivity index (χ2n) is 5.74. The van der Waals surface area contributed by atoms with Crippen LogP contribution in [0.4, 0.5) is 5.69 Å².